The second-order valence-corrected chi connectivity index (χ2v) is 8.38. The molecule has 0 radical (unpaired) electrons. The van der Waals surface area contributed by atoms with Crippen molar-refractivity contribution in [2.24, 2.45) is 5.41 Å². The monoisotopic (exact) mass is 359 g/mol. The lowest BCUT2D eigenvalue weighted by molar-refractivity contribution is -0.144. The minimum atomic E-state index is -1.11. The van der Waals surface area contributed by atoms with Crippen molar-refractivity contribution in [3.8, 4) is 0 Å². The van der Waals surface area contributed by atoms with Crippen molar-refractivity contribution in [3.05, 3.63) is 0 Å². The van der Waals surface area contributed by atoms with Gasteiger partial charge in [-0.25, -0.2) is 4.79 Å². The maximum absolute atomic E-state index is 11.9. The van der Waals surface area contributed by atoms with Gasteiger partial charge in [-0.2, -0.15) is 0 Å². The molecular formula is C18H33NO6. The number of hydrogen-bond donors (Lipinski definition) is 2. The number of unbranched alkanes of at least 4 members (excludes halogenated alkanes) is 1. The average Bonchev–Trinajstić information content (AvgIpc) is 2.33. The first-order chi connectivity index (χ1) is 11.3. The molecule has 0 aromatic carbocycles. The predicted octanol–water partition coefficient (Wildman–Crippen LogP) is 3.50. The van der Waals surface area contributed by atoms with Gasteiger partial charge in [0.2, 0.25) is 0 Å². The molecule has 0 spiro atoms. The number of carbonyl (C=O) groups excluding carboxylic acids is 2. The van der Waals surface area contributed by atoms with Gasteiger partial charge < -0.3 is 19.9 Å². The van der Waals surface area contributed by atoms with Gasteiger partial charge in [0.05, 0.1) is 25.5 Å². The van der Waals surface area contributed by atoms with Crippen LogP contribution in [0.5, 0.6) is 0 Å². The van der Waals surface area contributed by atoms with Gasteiger partial charge in [-0.1, -0.05) is 20.8 Å². The molecule has 0 saturated heterocycles. The maximum Gasteiger partial charge on any atom is 0.407 e. The molecular weight excluding hydrogens is 326 g/mol. The van der Waals surface area contributed by atoms with Gasteiger partial charge in [0, 0.05) is 0 Å². The lowest BCUT2D eigenvalue weighted by Crippen LogP contribution is -2.41. The fourth-order valence-electron chi connectivity index (χ4n) is 2.06. The number of hydrogen-bond acceptors (Lipinski definition) is 5. The number of nitrogens with one attached hydrogen (secondary N) is 1. The molecule has 2 N–H and O–H groups in total. The average molecular weight is 359 g/mol. The Balaban J connectivity index is 4.30. The van der Waals surface area contributed by atoms with E-state index in [1.165, 1.54) is 0 Å². The molecule has 0 heterocycles. The number of carbonyl (C=O) groups is 3. The molecule has 0 aliphatic heterocycles. The SMILES string of the molecule is CC(C)(C)CCCCOC(=O)C[C@H](CC(=O)O)NC(=O)OC(C)(C)C. The smallest absolute Gasteiger partial charge is 0.407 e. The summed E-state index contributed by atoms with van der Waals surface area (Å²) in [7, 11) is 0. The van der Waals surface area contributed by atoms with Gasteiger partial charge in [0.25, 0.3) is 0 Å². The molecule has 0 aromatic rings. The number of aliphatic carboxylic acids is 1. The Hall–Kier alpha value is -1.79. The van der Waals surface area contributed by atoms with Crippen LogP contribution in [0.4, 0.5) is 4.79 Å². The van der Waals surface area contributed by atoms with E-state index in [-0.39, 0.29) is 18.3 Å². The van der Waals surface area contributed by atoms with E-state index in [4.69, 9.17) is 14.6 Å². The molecule has 0 aliphatic rings. The van der Waals surface area contributed by atoms with E-state index in [1.807, 2.05) is 0 Å². The number of amides is 1. The van der Waals surface area contributed by atoms with E-state index >= 15 is 0 Å². The third kappa shape index (κ3) is 15.5. The zero-order chi connectivity index (χ0) is 19.7. The summed E-state index contributed by atoms with van der Waals surface area (Å²) in [5.74, 6) is -1.64. The largest absolute Gasteiger partial charge is 0.481 e. The number of esters is 1. The molecule has 0 fully saturated rings. The summed E-state index contributed by atoms with van der Waals surface area (Å²) in [5.41, 5.74) is -0.459. The van der Waals surface area contributed by atoms with Crippen molar-refractivity contribution >= 4 is 18.0 Å². The number of rotatable bonds is 9. The van der Waals surface area contributed by atoms with Gasteiger partial charge in [-0.15, -0.1) is 0 Å². The summed E-state index contributed by atoms with van der Waals surface area (Å²) in [4.78, 5) is 34.5. The van der Waals surface area contributed by atoms with E-state index in [9.17, 15) is 14.4 Å². The van der Waals surface area contributed by atoms with Gasteiger partial charge in [0.15, 0.2) is 0 Å². The number of ether oxygens (including phenoxy) is 2. The van der Waals surface area contributed by atoms with E-state index in [0.717, 1.165) is 19.3 Å². The van der Waals surface area contributed by atoms with E-state index in [0.29, 0.717) is 6.61 Å². The van der Waals surface area contributed by atoms with Crippen molar-refractivity contribution in [1.82, 2.24) is 5.32 Å². The summed E-state index contributed by atoms with van der Waals surface area (Å²) < 4.78 is 10.2. The Morgan fingerprint density at radius 3 is 2.08 bits per heavy atom. The van der Waals surface area contributed by atoms with E-state index < -0.39 is 29.7 Å². The Labute approximate surface area is 150 Å². The van der Waals surface area contributed by atoms with Crippen LogP contribution in [-0.4, -0.2) is 41.4 Å². The first kappa shape index (κ1) is 23.2. The lowest BCUT2D eigenvalue weighted by atomic mass is 9.90. The number of alkyl carbamates (subject to hydrolysis) is 1. The standard InChI is InChI=1S/C18H33NO6/c1-17(2,3)9-7-8-10-24-15(22)12-13(11-14(20)21)19-16(23)25-18(4,5)6/h13H,7-12H2,1-6H3,(H,19,23)(H,20,21)/t13-/m0/s1. The Morgan fingerprint density at radius 1 is 1.00 bits per heavy atom. The molecule has 0 aliphatic carbocycles. The van der Waals surface area contributed by atoms with Crippen LogP contribution in [0.3, 0.4) is 0 Å². The van der Waals surface area contributed by atoms with E-state index in [1.54, 1.807) is 20.8 Å². The Bertz CT molecular complexity index is 447. The Kier molecular flexibility index (Phi) is 9.52. The van der Waals surface area contributed by atoms with Crippen LogP contribution in [0.2, 0.25) is 0 Å². The summed E-state index contributed by atoms with van der Waals surface area (Å²) in [6.07, 6.45) is 1.41. The van der Waals surface area contributed by atoms with Crippen molar-refractivity contribution in [1.29, 1.82) is 0 Å². The normalized spacial score (nSPS) is 13.0. The van der Waals surface area contributed by atoms with Gasteiger partial charge >= 0.3 is 18.0 Å². The van der Waals surface area contributed by atoms with Gasteiger partial charge in [-0.3, -0.25) is 9.59 Å². The van der Waals surface area contributed by atoms with Crippen molar-refractivity contribution < 1.29 is 29.0 Å². The van der Waals surface area contributed by atoms with Crippen LogP contribution in [0.15, 0.2) is 0 Å². The minimum absolute atomic E-state index is 0.204. The fourth-order valence-corrected chi connectivity index (χ4v) is 2.06. The van der Waals surface area contributed by atoms with Crippen LogP contribution >= 0.6 is 0 Å². The lowest BCUT2D eigenvalue weighted by Gasteiger charge is -2.22. The zero-order valence-corrected chi connectivity index (χ0v) is 16.3. The highest BCUT2D eigenvalue weighted by Gasteiger charge is 2.23. The topological polar surface area (TPSA) is 102 Å². The van der Waals surface area contributed by atoms with Crippen LogP contribution < -0.4 is 5.32 Å². The third-order valence-corrected chi connectivity index (χ3v) is 3.14. The highest BCUT2D eigenvalue weighted by molar-refractivity contribution is 5.75. The molecule has 0 unspecified atom stereocenters. The summed E-state index contributed by atoms with van der Waals surface area (Å²) in [5, 5.41) is 11.3. The molecule has 1 atom stereocenters. The minimum Gasteiger partial charge on any atom is -0.481 e. The summed E-state index contributed by atoms with van der Waals surface area (Å²) >= 11 is 0. The van der Waals surface area contributed by atoms with E-state index in [2.05, 4.69) is 26.1 Å². The second kappa shape index (κ2) is 10.3. The molecule has 146 valence electrons. The molecule has 0 saturated carbocycles. The van der Waals surface area contributed by atoms with Crippen molar-refractivity contribution in [3.63, 3.8) is 0 Å². The molecule has 0 rings (SSSR count). The van der Waals surface area contributed by atoms with Crippen LogP contribution in [0, 0.1) is 5.41 Å². The van der Waals surface area contributed by atoms with Crippen LogP contribution in [0.1, 0.15) is 73.6 Å². The van der Waals surface area contributed by atoms with Crippen LogP contribution in [-0.2, 0) is 19.1 Å². The highest BCUT2D eigenvalue weighted by Crippen LogP contribution is 2.21. The van der Waals surface area contributed by atoms with Crippen molar-refractivity contribution in [2.75, 3.05) is 6.61 Å². The number of carboxylic acid groups (broad SMARTS) is 1. The molecule has 0 aromatic heterocycles. The summed E-state index contributed by atoms with van der Waals surface area (Å²) in [6, 6.07) is -0.866. The molecule has 7 nitrogen and oxygen atoms in total. The second-order valence-electron chi connectivity index (χ2n) is 8.38. The summed E-state index contributed by atoms with van der Waals surface area (Å²) in [6.45, 7) is 11.8. The highest BCUT2D eigenvalue weighted by atomic mass is 16.6. The molecule has 1 amide bonds. The molecule has 25 heavy (non-hydrogen) atoms. The number of carboxylic acids is 1. The quantitative estimate of drug-likeness (QED) is 0.482. The first-order valence-corrected chi connectivity index (χ1v) is 8.65. The molecule has 7 heteroatoms. The fraction of sp³-hybridized carbons (Fsp3) is 0.833. The maximum atomic E-state index is 11.9. The third-order valence-electron chi connectivity index (χ3n) is 3.14. The van der Waals surface area contributed by atoms with Gasteiger partial charge in [0.1, 0.15) is 5.60 Å². The Morgan fingerprint density at radius 2 is 1.60 bits per heavy atom. The van der Waals surface area contributed by atoms with Gasteiger partial charge in [-0.05, 0) is 45.4 Å². The first-order valence-electron chi connectivity index (χ1n) is 8.65. The predicted molar refractivity (Wildman–Crippen MR) is 94.3 cm³/mol. The zero-order valence-electron chi connectivity index (χ0n) is 16.3. The van der Waals surface area contributed by atoms with Crippen LogP contribution in [0.25, 0.3) is 0 Å². The van der Waals surface area contributed by atoms with Crippen molar-refractivity contribution in [2.45, 2.75) is 85.3 Å². The molecule has 0 bridgehead atoms.